The maximum Gasteiger partial charge on any atom is 0.187 e. The van der Waals surface area contributed by atoms with E-state index in [1.54, 1.807) is 0 Å². The van der Waals surface area contributed by atoms with Crippen LogP contribution < -0.4 is 10.7 Å². The molecule has 1 heterocycles. The molecule has 0 aromatic heterocycles. The maximum absolute atomic E-state index is 5.57. The molecule has 0 radical (unpaired) electrons. The molecule has 0 aromatic carbocycles. The highest BCUT2D eigenvalue weighted by atomic mass is 32.1. The number of fused-ring (bicyclic) bond motifs is 1. The van der Waals surface area contributed by atoms with Crippen LogP contribution in [0.4, 0.5) is 0 Å². The SMILES string of the molecule is S=C(NC[C@H]1CCCO1)N/N=C1\CC[C@@H]2CCCC[C@@H]2C1. The average Bonchev–Trinajstić information content (AvgIpc) is 3.04. The van der Waals surface area contributed by atoms with Crippen molar-refractivity contribution in [3.63, 3.8) is 0 Å². The Morgan fingerprint density at radius 3 is 2.81 bits per heavy atom. The molecule has 0 unspecified atom stereocenters. The Balaban J connectivity index is 1.39. The van der Waals surface area contributed by atoms with Crippen LogP contribution in [0.1, 0.15) is 57.8 Å². The quantitative estimate of drug-likeness (QED) is 0.621. The molecular formula is C16H27N3OS. The minimum atomic E-state index is 0.315. The van der Waals surface area contributed by atoms with E-state index in [9.17, 15) is 0 Å². The van der Waals surface area contributed by atoms with Crippen molar-refractivity contribution in [3.8, 4) is 0 Å². The van der Waals surface area contributed by atoms with Gasteiger partial charge in [0, 0.05) is 18.9 Å². The summed E-state index contributed by atoms with van der Waals surface area (Å²) in [5, 5.41) is 8.38. The van der Waals surface area contributed by atoms with E-state index in [0.29, 0.717) is 11.2 Å². The van der Waals surface area contributed by atoms with Gasteiger partial charge in [0.2, 0.25) is 0 Å². The second kappa shape index (κ2) is 7.54. The second-order valence-electron chi connectivity index (χ2n) is 6.68. The molecule has 1 aliphatic heterocycles. The van der Waals surface area contributed by atoms with E-state index < -0.39 is 0 Å². The van der Waals surface area contributed by atoms with Gasteiger partial charge in [0.1, 0.15) is 0 Å². The molecule has 4 nitrogen and oxygen atoms in total. The van der Waals surface area contributed by atoms with E-state index >= 15 is 0 Å². The third kappa shape index (κ3) is 4.39. The Bertz CT molecular complexity index is 393. The molecule has 21 heavy (non-hydrogen) atoms. The number of rotatable bonds is 3. The fraction of sp³-hybridized carbons (Fsp3) is 0.875. The first-order valence-electron chi connectivity index (χ1n) is 8.52. The molecule has 2 saturated carbocycles. The number of hydrogen-bond donors (Lipinski definition) is 2. The van der Waals surface area contributed by atoms with Crippen LogP contribution in [0.25, 0.3) is 0 Å². The van der Waals surface area contributed by atoms with Gasteiger partial charge in [-0.2, -0.15) is 5.10 Å². The molecule has 0 amide bonds. The Hall–Kier alpha value is -0.680. The van der Waals surface area contributed by atoms with Gasteiger partial charge in [0.25, 0.3) is 0 Å². The van der Waals surface area contributed by atoms with Gasteiger partial charge < -0.3 is 10.1 Å². The van der Waals surface area contributed by atoms with Crippen molar-refractivity contribution in [1.82, 2.24) is 10.7 Å². The van der Waals surface area contributed by atoms with Crippen molar-refractivity contribution in [2.75, 3.05) is 13.2 Å². The number of thiocarbonyl (C=S) groups is 1. The standard InChI is InChI=1S/C16H27N3OS/c21-16(17-11-15-6-3-9-20-15)19-18-14-8-7-12-4-1-2-5-13(12)10-14/h12-13,15H,1-11H2,(H2,17,19,21)/b18-14+/t12-,13+,15+/m0/s1. The summed E-state index contributed by atoms with van der Waals surface area (Å²) >= 11 is 5.29. The molecule has 5 heteroatoms. The van der Waals surface area contributed by atoms with Gasteiger partial charge in [-0.3, -0.25) is 5.43 Å². The number of hydrogen-bond acceptors (Lipinski definition) is 3. The number of ether oxygens (including phenoxy) is 1. The van der Waals surface area contributed by atoms with E-state index in [2.05, 4.69) is 15.8 Å². The largest absolute Gasteiger partial charge is 0.376 e. The van der Waals surface area contributed by atoms with Gasteiger partial charge in [0.15, 0.2) is 5.11 Å². The summed E-state index contributed by atoms with van der Waals surface area (Å²) in [7, 11) is 0. The molecule has 0 aromatic rings. The lowest BCUT2D eigenvalue weighted by molar-refractivity contribution is 0.114. The van der Waals surface area contributed by atoms with E-state index in [1.165, 1.54) is 44.2 Å². The summed E-state index contributed by atoms with van der Waals surface area (Å²) in [5.74, 6) is 1.84. The summed E-state index contributed by atoms with van der Waals surface area (Å²) in [6.45, 7) is 1.68. The second-order valence-corrected chi connectivity index (χ2v) is 7.09. The lowest BCUT2D eigenvalue weighted by atomic mass is 9.70. The summed E-state index contributed by atoms with van der Waals surface area (Å²) in [5.41, 5.74) is 4.33. The van der Waals surface area contributed by atoms with Crippen LogP contribution in [0.3, 0.4) is 0 Å². The molecule has 0 spiro atoms. The van der Waals surface area contributed by atoms with Crippen LogP contribution in [0.2, 0.25) is 0 Å². The first kappa shape index (κ1) is 15.2. The van der Waals surface area contributed by atoms with Gasteiger partial charge in [-0.05, 0) is 62.6 Å². The van der Waals surface area contributed by atoms with Crippen molar-refractivity contribution < 1.29 is 4.74 Å². The van der Waals surface area contributed by atoms with Crippen molar-refractivity contribution in [2.45, 2.75) is 63.9 Å². The van der Waals surface area contributed by atoms with Crippen LogP contribution in [0, 0.1) is 11.8 Å². The fourth-order valence-corrected chi connectivity index (χ4v) is 4.10. The molecule has 3 aliphatic rings. The molecule has 3 rings (SSSR count). The van der Waals surface area contributed by atoms with Crippen LogP contribution >= 0.6 is 12.2 Å². The maximum atomic E-state index is 5.57. The topological polar surface area (TPSA) is 45.6 Å². The predicted molar refractivity (Wildman–Crippen MR) is 89.4 cm³/mol. The van der Waals surface area contributed by atoms with Crippen LogP contribution in [-0.2, 0) is 4.74 Å². The third-order valence-corrected chi connectivity index (χ3v) is 5.43. The Morgan fingerprint density at radius 2 is 2.00 bits per heavy atom. The number of nitrogens with one attached hydrogen (secondary N) is 2. The van der Waals surface area contributed by atoms with Crippen LogP contribution in [0.15, 0.2) is 5.10 Å². The molecular weight excluding hydrogens is 282 g/mol. The van der Waals surface area contributed by atoms with Crippen LogP contribution in [0.5, 0.6) is 0 Å². The van der Waals surface area contributed by atoms with E-state index in [0.717, 1.165) is 44.2 Å². The molecule has 0 bridgehead atoms. The molecule has 1 saturated heterocycles. The smallest absolute Gasteiger partial charge is 0.187 e. The van der Waals surface area contributed by atoms with Gasteiger partial charge in [-0.25, -0.2) is 0 Å². The van der Waals surface area contributed by atoms with Crippen molar-refractivity contribution in [1.29, 1.82) is 0 Å². The molecule has 3 fully saturated rings. The highest BCUT2D eigenvalue weighted by molar-refractivity contribution is 7.80. The van der Waals surface area contributed by atoms with Gasteiger partial charge >= 0.3 is 0 Å². The minimum Gasteiger partial charge on any atom is -0.376 e. The lowest BCUT2D eigenvalue weighted by Crippen LogP contribution is -2.38. The summed E-state index contributed by atoms with van der Waals surface area (Å²) in [6, 6.07) is 0. The van der Waals surface area contributed by atoms with E-state index in [-0.39, 0.29) is 0 Å². The monoisotopic (exact) mass is 309 g/mol. The van der Waals surface area contributed by atoms with Crippen molar-refractivity contribution >= 4 is 23.0 Å². The summed E-state index contributed by atoms with van der Waals surface area (Å²) in [6.07, 6.45) is 11.9. The molecule has 118 valence electrons. The van der Waals surface area contributed by atoms with Gasteiger partial charge in [0.05, 0.1) is 6.10 Å². The number of hydrazone groups is 1. The normalized spacial score (nSPS) is 34.5. The van der Waals surface area contributed by atoms with Crippen molar-refractivity contribution in [3.05, 3.63) is 0 Å². The summed E-state index contributed by atoms with van der Waals surface area (Å²) in [4.78, 5) is 0. The molecule has 2 N–H and O–H groups in total. The molecule has 3 atom stereocenters. The van der Waals surface area contributed by atoms with Crippen LogP contribution in [-0.4, -0.2) is 30.1 Å². The zero-order chi connectivity index (χ0) is 14.5. The Morgan fingerprint density at radius 1 is 1.14 bits per heavy atom. The zero-order valence-electron chi connectivity index (χ0n) is 12.8. The van der Waals surface area contributed by atoms with E-state index in [1.807, 2.05) is 0 Å². The first-order valence-corrected chi connectivity index (χ1v) is 8.93. The molecule has 2 aliphatic carbocycles. The highest BCUT2D eigenvalue weighted by Gasteiger charge is 2.30. The Kier molecular flexibility index (Phi) is 5.47. The van der Waals surface area contributed by atoms with Crippen molar-refractivity contribution in [2.24, 2.45) is 16.9 Å². The highest BCUT2D eigenvalue weighted by Crippen LogP contribution is 2.39. The average molecular weight is 309 g/mol. The Labute approximate surface area is 133 Å². The third-order valence-electron chi connectivity index (χ3n) is 5.20. The summed E-state index contributed by atoms with van der Waals surface area (Å²) < 4.78 is 5.57. The predicted octanol–water partition coefficient (Wildman–Crippen LogP) is 2.98. The first-order chi connectivity index (χ1) is 10.3. The fourth-order valence-electron chi connectivity index (χ4n) is 3.97. The van der Waals surface area contributed by atoms with Gasteiger partial charge in [-0.1, -0.05) is 19.3 Å². The zero-order valence-corrected chi connectivity index (χ0v) is 13.6. The van der Waals surface area contributed by atoms with E-state index in [4.69, 9.17) is 17.0 Å². The van der Waals surface area contributed by atoms with Gasteiger partial charge in [-0.15, -0.1) is 0 Å². The minimum absolute atomic E-state index is 0.315. The lowest BCUT2D eigenvalue weighted by Gasteiger charge is -2.35. The number of nitrogens with zero attached hydrogens (tertiary/aromatic N) is 1.